The van der Waals surface area contributed by atoms with Crippen LogP contribution < -0.4 is 5.73 Å². The molecule has 1 heterocycles. The topological polar surface area (TPSA) is 29.3 Å². The molecule has 112 valence electrons. The average molecular weight is 282 g/mol. The summed E-state index contributed by atoms with van der Waals surface area (Å²) in [6, 6.07) is 16.3. The maximum atomic E-state index is 6.24. The van der Waals surface area contributed by atoms with Gasteiger partial charge >= 0.3 is 0 Å². The highest BCUT2D eigenvalue weighted by Crippen LogP contribution is 2.29. The Bertz CT molecular complexity index is 607. The highest BCUT2D eigenvalue weighted by atomic mass is 15.2. The number of nitrogens with zero attached hydrogens (tertiary/aromatic N) is 1. The van der Waals surface area contributed by atoms with Gasteiger partial charge in [0.1, 0.15) is 0 Å². The molecule has 1 saturated heterocycles. The van der Waals surface area contributed by atoms with Crippen LogP contribution in [-0.2, 0) is 0 Å². The van der Waals surface area contributed by atoms with Crippen LogP contribution in [0.4, 0.5) is 0 Å². The Hall–Kier alpha value is -1.38. The van der Waals surface area contributed by atoms with Crippen molar-refractivity contribution in [3.8, 4) is 0 Å². The van der Waals surface area contributed by atoms with Crippen molar-refractivity contribution in [2.24, 2.45) is 11.7 Å². The second kappa shape index (κ2) is 6.17. The van der Waals surface area contributed by atoms with Crippen molar-refractivity contribution in [1.29, 1.82) is 0 Å². The minimum atomic E-state index is 0.384. The van der Waals surface area contributed by atoms with Crippen LogP contribution in [0.15, 0.2) is 42.5 Å². The first-order valence-electron chi connectivity index (χ1n) is 8.17. The summed E-state index contributed by atoms with van der Waals surface area (Å²) in [4.78, 5) is 2.60. The van der Waals surface area contributed by atoms with Gasteiger partial charge in [0.25, 0.3) is 0 Å². The highest BCUT2D eigenvalue weighted by molar-refractivity contribution is 5.83. The number of piperidine rings is 1. The quantitative estimate of drug-likeness (QED) is 0.923. The van der Waals surface area contributed by atoms with Gasteiger partial charge in [-0.2, -0.15) is 0 Å². The fourth-order valence-electron chi connectivity index (χ4n) is 3.54. The summed E-state index contributed by atoms with van der Waals surface area (Å²) in [5.74, 6) is 0.640. The molecule has 0 amide bonds. The van der Waals surface area contributed by atoms with Gasteiger partial charge in [0.15, 0.2) is 0 Å². The number of fused-ring (bicyclic) bond motifs is 1. The van der Waals surface area contributed by atoms with Gasteiger partial charge in [-0.3, -0.25) is 4.90 Å². The van der Waals surface area contributed by atoms with Crippen molar-refractivity contribution in [1.82, 2.24) is 4.90 Å². The molecule has 2 heteroatoms. The summed E-state index contributed by atoms with van der Waals surface area (Å²) in [5, 5.41) is 2.66. The van der Waals surface area contributed by atoms with E-state index in [1.807, 2.05) is 0 Å². The van der Waals surface area contributed by atoms with E-state index in [4.69, 9.17) is 5.73 Å². The van der Waals surface area contributed by atoms with Gasteiger partial charge < -0.3 is 5.73 Å². The molecule has 0 radical (unpaired) electrons. The van der Waals surface area contributed by atoms with Crippen molar-refractivity contribution in [3.05, 3.63) is 48.0 Å². The Morgan fingerprint density at radius 1 is 1.19 bits per heavy atom. The number of nitrogens with two attached hydrogens (primary N) is 1. The first-order valence-corrected chi connectivity index (χ1v) is 8.17. The number of hydrogen-bond donors (Lipinski definition) is 1. The maximum absolute atomic E-state index is 6.24. The number of likely N-dealkylation sites (tertiary alicyclic amines) is 1. The summed E-state index contributed by atoms with van der Waals surface area (Å²) in [6.45, 7) is 6.83. The van der Waals surface area contributed by atoms with Crippen molar-refractivity contribution in [3.63, 3.8) is 0 Å². The molecule has 3 atom stereocenters. The predicted molar refractivity (Wildman–Crippen MR) is 90.3 cm³/mol. The smallest absolute Gasteiger partial charge is 0.0320 e. The predicted octanol–water partition coefficient (Wildman–Crippen LogP) is 3.96. The Labute approximate surface area is 127 Å². The van der Waals surface area contributed by atoms with E-state index in [1.54, 1.807) is 0 Å². The molecule has 3 rings (SSSR count). The summed E-state index contributed by atoms with van der Waals surface area (Å²) >= 11 is 0. The first-order chi connectivity index (χ1) is 10.2. The zero-order valence-electron chi connectivity index (χ0n) is 13.1. The molecule has 1 fully saturated rings. The molecule has 2 N–H and O–H groups in total. The fourth-order valence-corrected chi connectivity index (χ4v) is 3.54. The van der Waals surface area contributed by atoms with Crippen molar-refractivity contribution in [2.45, 2.75) is 38.8 Å². The monoisotopic (exact) mass is 282 g/mol. The van der Waals surface area contributed by atoms with E-state index in [0.29, 0.717) is 18.0 Å². The third kappa shape index (κ3) is 2.97. The number of hydrogen-bond acceptors (Lipinski definition) is 2. The molecule has 2 aromatic rings. The minimum absolute atomic E-state index is 0.384. The zero-order chi connectivity index (χ0) is 14.8. The van der Waals surface area contributed by atoms with Gasteiger partial charge in [-0.1, -0.05) is 49.7 Å². The van der Waals surface area contributed by atoms with Crippen LogP contribution in [0.1, 0.15) is 38.3 Å². The minimum Gasteiger partial charge on any atom is -0.327 e. The average Bonchev–Trinajstić information content (AvgIpc) is 2.54. The fraction of sp³-hybridized carbons (Fsp3) is 0.474. The molecule has 0 aliphatic carbocycles. The van der Waals surface area contributed by atoms with Crippen LogP contribution in [0.3, 0.4) is 0 Å². The molecular formula is C19H26N2. The normalized spacial score (nSPS) is 25.1. The molecule has 3 unspecified atom stereocenters. The van der Waals surface area contributed by atoms with E-state index in [2.05, 4.69) is 61.2 Å². The van der Waals surface area contributed by atoms with Gasteiger partial charge in [-0.05, 0) is 41.7 Å². The molecule has 0 saturated carbocycles. The highest BCUT2D eigenvalue weighted by Gasteiger charge is 2.28. The molecule has 2 nitrogen and oxygen atoms in total. The van der Waals surface area contributed by atoms with Gasteiger partial charge in [-0.15, -0.1) is 0 Å². The Balaban J connectivity index is 1.81. The van der Waals surface area contributed by atoms with Gasteiger partial charge in [0.2, 0.25) is 0 Å². The van der Waals surface area contributed by atoms with Crippen LogP contribution in [0.2, 0.25) is 0 Å². The molecule has 21 heavy (non-hydrogen) atoms. The second-order valence-electron chi connectivity index (χ2n) is 6.40. The van der Waals surface area contributed by atoms with Crippen molar-refractivity contribution in [2.75, 3.05) is 13.1 Å². The van der Waals surface area contributed by atoms with Gasteiger partial charge in [-0.25, -0.2) is 0 Å². The van der Waals surface area contributed by atoms with Crippen LogP contribution >= 0.6 is 0 Å². The van der Waals surface area contributed by atoms with Crippen LogP contribution in [0, 0.1) is 5.92 Å². The lowest BCUT2D eigenvalue weighted by atomic mass is 9.89. The van der Waals surface area contributed by atoms with E-state index >= 15 is 0 Å². The number of rotatable bonds is 3. The first kappa shape index (κ1) is 14.6. The summed E-state index contributed by atoms with van der Waals surface area (Å²) in [6.07, 6.45) is 2.30. The largest absolute Gasteiger partial charge is 0.327 e. The molecule has 1 aliphatic rings. The third-order valence-electron chi connectivity index (χ3n) is 5.15. The molecule has 0 bridgehead atoms. The van der Waals surface area contributed by atoms with E-state index in [0.717, 1.165) is 19.5 Å². The molecule has 1 aliphatic heterocycles. The Morgan fingerprint density at radius 3 is 2.71 bits per heavy atom. The van der Waals surface area contributed by atoms with E-state index in [1.165, 1.54) is 22.8 Å². The van der Waals surface area contributed by atoms with Crippen LogP contribution in [-0.4, -0.2) is 24.0 Å². The van der Waals surface area contributed by atoms with E-state index in [-0.39, 0.29) is 0 Å². The SMILES string of the molecule is CCC1CN(C(C)c2ccc3ccccc3c2)CCC1N. The molecule has 0 aromatic heterocycles. The second-order valence-corrected chi connectivity index (χ2v) is 6.40. The summed E-state index contributed by atoms with van der Waals surface area (Å²) in [7, 11) is 0. The Kier molecular flexibility index (Phi) is 4.27. The lowest BCUT2D eigenvalue weighted by Gasteiger charge is -2.40. The van der Waals surface area contributed by atoms with Crippen molar-refractivity contribution < 1.29 is 0 Å². The third-order valence-corrected chi connectivity index (χ3v) is 5.15. The van der Waals surface area contributed by atoms with Crippen LogP contribution in [0.5, 0.6) is 0 Å². The van der Waals surface area contributed by atoms with Crippen LogP contribution in [0.25, 0.3) is 10.8 Å². The lowest BCUT2D eigenvalue weighted by molar-refractivity contribution is 0.114. The molecule has 2 aromatic carbocycles. The van der Waals surface area contributed by atoms with Gasteiger partial charge in [0, 0.05) is 25.2 Å². The van der Waals surface area contributed by atoms with Crippen molar-refractivity contribution >= 4 is 10.8 Å². The lowest BCUT2D eigenvalue weighted by Crippen LogP contribution is -2.47. The summed E-state index contributed by atoms with van der Waals surface area (Å²) in [5.41, 5.74) is 7.65. The maximum Gasteiger partial charge on any atom is 0.0320 e. The van der Waals surface area contributed by atoms with E-state index < -0.39 is 0 Å². The van der Waals surface area contributed by atoms with Gasteiger partial charge in [0.05, 0.1) is 0 Å². The summed E-state index contributed by atoms with van der Waals surface area (Å²) < 4.78 is 0. The number of benzene rings is 2. The van der Waals surface area contributed by atoms with E-state index in [9.17, 15) is 0 Å². The Morgan fingerprint density at radius 2 is 1.95 bits per heavy atom. The zero-order valence-corrected chi connectivity index (χ0v) is 13.1. The molecule has 0 spiro atoms. The standard InChI is InChI=1S/C19H26N2/c1-3-15-13-21(11-10-19(15)20)14(2)17-9-8-16-6-4-5-7-18(16)12-17/h4-9,12,14-15,19H,3,10-11,13,20H2,1-2H3. The molecular weight excluding hydrogens is 256 g/mol.